The van der Waals surface area contributed by atoms with Crippen LogP contribution in [0, 0.1) is 0 Å². The van der Waals surface area contributed by atoms with Crippen LogP contribution in [0.2, 0.25) is 0 Å². The average molecular weight is 271 g/mol. The Morgan fingerprint density at radius 2 is 2.35 bits per heavy atom. The molecular weight excluding hydrogens is 254 g/mol. The zero-order valence-corrected chi connectivity index (χ0v) is 11.4. The van der Waals surface area contributed by atoms with Crippen LogP contribution >= 0.6 is 0 Å². The molecule has 5 nitrogen and oxygen atoms in total. The Balaban J connectivity index is 1.97. The quantitative estimate of drug-likeness (QED) is 0.916. The van der Waals surface area contributed by atoms with E-state index in [0.717, 1.165) is 24.9 Å². The number of hydrogen-bond donors (Lipinski definition) is 1. The van der Waals surface area contributed by atoms with Gasteiger partial charge in [0.2, 0.25) is 0 Å². The number of aromatic nitrogens is 1. The molecule has 0 radical (unpaired) electrons. The topological polar surface area (TPSA) is 68.5 Å². The van der Waals surface area contributed by atoms with E-state index in [1.165, 1.54) is 0 Å². The summed E-state index contributed by atoms with van der Waals surface area (Å²) in [6.45, 7) is 1.93. The molecule has 0 saturated carbocycles. The van der Waals surface area contributed by atoms with Crippen molar-refractivity contribution in [3.05, 3.63) is 36.0 Å². The molecule has 1 saturated heterocycles. The van der Waals surface area contributed by atoms with Crippen molar-refractivity contribution in [1.29, 1.82) is 0 Å². The predicted molar refractivity (Wildman–Crippen MR) is 76.8 cm³/mol. The molecule has 1 fully saturated rings. The smallest absolute Gasteiger partial charge is 0.251 e. The van der Waals surface area contributed by atoms with E-state index >= 15 is 0 Å². The molecule has 1 amide bonds. The fraction of sp³-hybridized carbons (Fsp3) is 0.333. The third kappa shape index (κ3) is 2.44. The summed E-state index contributed by atoms with van der Waals surface area (Å²) < 4.78 is 5.97. The van der Waals surface area contributed by atoms with Gasteiger partial charge in [-0.3, -0.25) is 9.78 Å². The second kappa shape index (κ2) is 5.09. The van der Waals surface area contributed by atoms with Crippen LogP contribution in [0.25, 0.3) is 10.9 Å². The molecule has 5 heteroatoms. The number of benzene rings is 1. The highest BCUT2D eigenvalue weighted by atomic mass is 16.5. The molecule has 3 rings (SSSR count). The lowest BCUT2D eigenvalue weighted by Crippen LogP contribution is -2.21. The summed E-state index contributed by atoms with van der Waals surface area (Å²) in [5.41, 5.74) is 6.46. The monoisotopic (exact) mass is 271 g/mol. The predicted octanol–water partition coefficient (Wildman–Crippen LogP) is 1.42. The number of rotatable bonds is 3. The number of nitrogens with zero attached hydrogens (tertiary/aromatic N) is 2. The average Bonchev–Trinajstić information content (AvgIpc) is 2.83. The number of nitrogens with two attached hydrogens (primary N) is 1. The highest BCUT2D eigenvalue weighted by Gasteiger charge is 2.21. The Morgan fingerprint density at radius 3 is 3.05 bits per heavy atom. The van der Waals surface area contributed by atoms with E-state index in [0.29, 0.717) is 16.8 Å². The lowest BCUT2D eigenvalue weighted by molar-refractivity contribution is 0.100. The lowest BCUT2D eigenvalue weighted by Gasteiger charge is -2.15. The Kier molecular flexibility index (Phi) is 3.28. The number of likely N-dealkylation sites (N-methyl/N-ethyl adjacent to an activating group) is 1. The van der Waals surface area contributed by atoms with Gasteiger partial charge in [-0.25, -0.2) is 0 Å². The van der Waals surface area contributed by atoms with Gasteiger partial charge in [0.25, 0.3) is 5.91 Å². The third-order valence-corrected chi connectivity index (χ3v) is 3.59. The maximum Gasteiger partial charge on any atom is 0.251 e. The molecule has 2 heterocycles. The molecule has 1 atom stereocenters. The molecular formula is C15H17N3O2. The van der Waals surface area contributed by atoms with Gasteiger partial charge in [-0.05, 0) is 31.7 Å². The van der Waals surface area contributed by atoms with E-state index in [4.69, 9.17) is 10.5 Å². The van der Waals surface area contributed by atoms with Gasteiger partial charge in [-0.2, -0.15) is 0 Å². The van der Waals surface area contributed by atoms with E-state index in [1.807, 2.05) is 18.2 Å². The second-order valence-electron chi connectivity index (χ2n) is 5.20. The summed E-state index contributed by atoms with van der Waals surface area (Å²) in [6.07, 6.45) is 2.81. The highest BCUT2D eigenvalue weighted by molar-refractivity contribution is 6.05. The maximum absolute atomic E-state index is 11.6. The van der Waals surface area contributed by atoms with Gasteiger partial charge in [-0.1, -0.05) is 6.07 Å². The van der Waals surface area contributed by atoms with Crippen molar-refractivity contribution in [3.8, 4) is 5.75 Å². The van der Waals surface area contributed by atoms with Crippen molar-refractivity contribution in [3.63, 3.8) is 0 Å². The molecule has 0 bridgehead atoms. The van der Waals surface area contributed by atoms with Gasteiger partial charge in [0.1, 0.15) is 11.9 Å². The molecule has 1 aromatic heterocycles. The molecule has 2 aromatic rings. The van der Waals surface area contributed by atoms with Crippen LogP contribution in [-0.2, 0) is 0 Å². The van der Waals surface area contributed by atoms with Crippen LogP contribution in [0.15, 0.2) is 30.5 Å². The van der Waals surface area contributed by atoms with Gasteiger partial charge in [0.05, 0.1) is 11.1 Å². The van der Waals surface area contributed by atoms with Crippen LogP contribution < -0.4 is 10.5 Å². The number of primary amides is 1. The van der Waals surface area contributed by atoms with Crippen LogP contribution in [0.3, 0.4) is 0 Å². The van der Waals surface area contributed by atoms with Crippen LogP contribution in [-0.4, -0.2) is 42.0 Å². The minimum atomic E-state index is -0.484. The zero-order valence-electron chi connectivity index (χ0n) is 11.4. The van der Waals surface area contributed by atoms with E-state index < -0.39 is 5.91 Å². The first-order valence-electron chi connectivity index (χ1n) is 6.67. The standard InChI is InChI=1S/C15H17N3O2/c1-18-6-4-11(9-18)20-12-7-10-3-2-5-17-14(10)13(8-12)15(16)19/h2-3,5,7-8,11H,4,6,9H2,1H3,(H2,16,19). The van der Waals surface area contributed by atoms with Crippen molar-refractivity contribution < 1.29 is 9.53 Å². The minimum absolute atomic E-state index is 0.162. The minimum Gasteiger partial charge on any atom is -0.489 e. The van der Waals surface area contributed by atoms with Crippen LogP contribution in [0.1, 0.15) is 16.8 Å². The molecule has 0 aliphatic carbocycles. The summed E-state index contributed by atoms with van der Waals surface area (Å²) >= 11 is 0. The SMILES string of the molecule is CN1CCC(Oc2cc(C(N)=O)c3ncccc3c2)C1. The normalized spacial score (nSPS) is 19.4. The molecule has 1 unspecified atom stereocenters. The fourth-order valence-corrected chi connectivity index (χ4v) is 2.60. The first-order chi connectivity index (χ1) is 9.63. The molecule has 20 heavy (non-hydrogen) atoms. The number of fused-ring (bicyclic) bond motifs is 1. The van der Waals surface area contributed by atoms with Crippen molar-refractivity contribution >= 4 is 16.8 Å². The van der Waals surface area contributed by atoms with Crippen molar-refractivity contribution in [2.75, 3.05) is 20.1 Å². The van der Waals surface area contributed by atoms with Crippen molar-refractivity contribution in [2.45, 2.75) is 12.5 Å². The third-order valence-electron chi connectivity index (χ3n) is 3.59. The first kappa shape index (κ1) is 12.9. The largest absolute Gasteiger partial charge is 0.489 e. The van der Waals surface area contributed by atoms with E-state index in [2.05, 4.69) is 16.9 Å². The van der Waals surface area contributed by atoms with Gasteiger partial charge in [-0.15, -0.1) is 0 Å². The maximum atomic E-state index is 11.6. The summed E-state index contributed by atoms with van der Waals surface area (Å²) in [5, 5.41) is 0.866. The summed E-state index contributed by atoms with van der Waals surface area (Å²) in [6, 6.07) is 7.34. The summed E-state index contributed by atoms with van der Waals surface area (Å²) in [7, 11) is 2.07. The zero-order chi connectivity index (χ0) is 14.1. The molecule has 104 valence electrons. The number of pyridine rings is 1. The molecule has 1 aromatic carbocycles. The lowest BCUT2D eigenvalue weighted by atomic mass is 10.1. The molecule has 1 aliphatic rings. The van der Waals surface area contributed by atoms with Crippen molar-refractivity contribution in [2.24, 2.45) is 5.73 Å². The number of likely N-dealkylation sites (tertiary alicyclic amines) is 1. The van der Waals surface area contributed by atoms with Gasteiger partial charge in [0, 0.05) is 24.7 Å². The van der Waals surface area contributed by atoms with Gasteiger partial charge >= 0.3 is 0 Å². The number of carbonyl (C=O) groups excluding carboxylic acids is 1. The van der Waals surface area contributed by atoms with Crippen LogP contribution in [0.5, 0.6) is 5.75 Å². The molecule has 0 spiro atoms. The Bertz CT molecular complexity index is 657. The van der Waals surface area contributed by atoms with Crippen molar-refractivity contribution in [1.82, 2.24) is 9.88 Å². The first-order valence-corrected chi connectivity index (χ1v) is 6.67. The number of amides is 1. The summed E-state index contributed by atoms with van der Waals surface area (Å²) in [4.78, 5) is 18.0. The highest BCUT2D eigenvalue weighted by Crippen LogP contribution is 2.25. The van der Waals surface area contributed by atoms with Gasteiger partial charge in [0.15, 0.2) is 0 Å². The van der Waals surface area contributed by atoms with E-state index in [-0.39, 0.29) is 6.10 Å². The van der Waals surface area contributed by atoms with E-state index in [9.17, 15) is 4.79 Å². The molecule has 1 aliphatic heterocycles. The number of ether oxygens (including phenoxy) is 1. The second-order valence-corrected chi connectivity index (χ2v) is 5.20. The Morgan fingerprint density at radius 1 is 1.50 bits per heavy atom. The fourth-order valence-electron chi connectivity index (χ4n) is 2.60. The summed E-state index contributed by atoms with van der Waals surface area (Å²) in [5.74, 6) is 0.197. The Labute approximate surface area is 117 Å². The number of hydrogen-bond acceptors (Lipinski definition) is 4. The van der Waals surface area contributed by atoms with Crippen LogP contribution in [0.4, 0.5) is 0 Å². The Hall–Kier alpha value is -2.14. The van der Waals surface area contributed by atoms with Gasteiger partial charge < -0.3 is 15.4 Å². The van der Waals surface area contributed by atoms with E-state index in [1.54, 1.807) is 12.3 Å². The number of carbonyl (C=O) groups is 1. The molecule has 2 N–H and O–H groups in total.